The van der Waals surface area contributed by atoms with E-state index in [1.807, 2.05) is 57.2 Å². The third kappa shape index (κ3) is 4.68. The number of pyridine rings is 1. The summed E-state index contributed by atoms with van der Waals surface area (Å²) in [7, 11) is 0. The lowest BCUT2D eigenvalue weighted by Crippen LogP contribution is -2.46. The normalized spacial score (nSPS) is 10.9. The molecule has 1 heterocycles. The van der Waals surface area contributed by atoms with Gasteiger partial charge >= 0.3 is 6.03 Å². The zero-order valence-electron chi connectivity index (χ0n) is 13.9. The number of hydrogen-bond donors (Lipinski definition) is 2. The number of allylic oxidation sites excluding steroid dienone is 1. The Morgan fingerprint density at radius 2 is 2.00 bits per heavy atom. The molecular formula is C19H23N3O. The van der Waals surface area contributed by atoms with Crippen molar-refractivity contribution < 1.29 is 4.79 Å². The number of amides is 2. The second-order valence-electron chi connectivity index (χ2n) is 6.11. The summed E-state index contributed by atoms with van der Waals surface area (Å²) in [5.74, 6) is 0. The minimum Gasteiger partial charge on any atom is -0.332 e. The molecule has 1 aromatic carbocycles. The quantitative estimate of drug-likeness (QED) is 0.881. The van der Waals surface area contributed by atoms with Crippen LogP contribution >= 0.6 is 0 Å². The molecule has 0 unspecified atom stereocenters. The summed E-state index contributed by atoms with van der Waals surface area (Å²) in [5.41, 5.74) is 3.45. The predicted octanol–water partition coefficient (Wildman–Crippen LogP) is 3.85. The number of benzene rings is 1. The number of hydrogen-bond acceptors (Lipinski definition) is 2. The molecule has 4 heteroatoms. The fraction of sp³-hybridized carbons (Fsp3) is 0.263. The van der Waals surface area contributed by atoms with Crippen LogP contribution in [0.1, 0.15) is 37.6 Å². The SMILES string of the molecule is C=C(C)c1cccc(C(C)(C)NC(=O)NCc2ccccn2)c1. The monoisotopic (exact) mass is 309 g/mol. The molecule has 120 valence electrons. The minimum absolute atomic E-state index is 0.221. The molecule has 4 nitrogen and oxygen atoms in total. The second-order valence-corrected chi connectivity index (χ2v) is 6.11. The van der Waals surface area contributed by atoms with Gasteiger partial charge in [0.05, 0.1) is 17.8 Å². The molecule has 0 fully saturated rings. The molecule has 0 saturated carbocycles. The fourth-order valence-electron chi connectivity index (χ4n) is 2.25. The Bertz CT molecular complexity index is 693. The first-order chi connectivity index (χ1) is 10.9. The molecule has 2 N–H and O–H groups in total. The van der Waals surface area contributed by atoms with Crippen molar-refractivity contribution >= 4 is 11.6 Å². The highest BCUT2D eigenvalue weighted by Crippen LogP contribution is 2.23. The van der Waals surface area contributed by atoms with E-state index in [-0.39, 0.29) is 6.03 Å². The largest absolute Gasteiger partial charge is 0.332 e. The average molecular weight is 309 g/mol. The molecule has 2 aromatic rings. The van der Waals surface area contributed by atoms with Crippen molar-refractivity contribution in [3.63, 3.8) is 0 Å². The van der Waals surface area contributed by atoms with Crippen molar-refractivity contribution in [2.45, 2.75) is 32.9 Å². The maximum Gasteiger partial charge on any atom is 0.315 e. The molecule has 0 radical (unpaired) electrons. The van der Waals surface area contributed by atoms with Crippen LogP contribution in [-0.2, 0) is 12.1 Å². The number of carbonyl (C=O) groups excluding carboxylic acids is 1. The molecule has 0 atom stereocenters. The summed E-state index contributed by atoms with van der Waals surface area (Å²) in [4.78, 5) is 16.3. The summed E-state index contributed by atoms with van der Waals surface area (Å²) in [6.07, 6.45) is 1.71. The average Bonchev–Trinajstić information content (AvgIpc) is 2.53. The van der Waals surface area contributed by atoms with Crippen LogP contribution in [0.2, 0.25) is 0 Å². The van der Waals surface area contributed by atoms with E-state index in [0.717, 1.165) is 22.4 Å². The number of urea groups is 1. The lowest BCUT2D eigenvalue weighted by molar-refractivity contribution is 0.229. The van der Waals surface area contributed by atoms with E-state index < -0.39 is 5.54 Å². The minimum atomic E-state index is -0.486. The van der Waals surface area contributed by atoms with Crippen LogP contribution in [0.15, 0.2) is 55.2 Å². The lowest BCUT2D eigenvalue weighted by atomic mass is 9.92. The number of nitrogens with one attached hydrogen (secondary N) is 2. The van der Waals surface area contributed by atoms with E-state index in [0.29, 0.717) is 6.54 Å². The van der Waals surface area contributed by atoms with Gasteiger partial charge < -0.3 is 10.6 Å². The van der Waals surface area contributed by atoms with Gasteiger partial charge in [0.1, 0.15) is 0 Å². The van der Waals surface area contributed by atoms with Crippen LogP contribution in [0.5, 0.6) is 0 Å². The van der Waals surface area contributed by atoms with Crippen LogP contribution in [0, 0.1) is 0 Å². The molecule has 0 spiro atoms. The van der Waals surface area contributed by atoms with Gasteiger partial charge in [-0.3, -0.25) is 4.98 Å². The van der Waals surface area contributed by atoms with Crippen molar-refractivity contribution in [2.24, 2.45) is 0 Å². The van der Waals surface area contributed by atoms with E-state index in [4.69, 9.17) is 0 Å². The molecule has 0 aliphatic carbocycles. The van der Waals surface area contributed by atoms with E-state index in [9.17, 15) is 4.79 Å². The lowest BCUT2D eigenvalue weighted by Gasteiger charge is -2.27. The first-order valence-corrected chi connectivity index (χ1v) is 7.61. The molecule has 23 heavy (non-hydrogen) atoms. The van der Waals surface area contributed by atoms with Crippen molar-refractivity contribution in [3.8, 4) is 0 Å². The molecule has 0 aliphatic heterocycles. The topological polar surface area (TPSA) is 54.0 Å². The summed E-state index contributed by atoms with van der Waals surface area (Å²) >= 11 is 0. The first-order valence-electron chi connectivity index (χ1n) is 7.61. The summed E-state index contributed by atoms with van der Waals surface area (Å²) in [6.45, 7) is 10.3. The van der Waals surface area contributed by atoms with E-state index in [1.165, 1.54) is 0 Å². The Hall–Kier alpha value is -2.62. The number of carbonyl (C=O) groups is 1. The Morgan fingerprint density at radius 3 is 2.65 bits per heavy atom. The molecule has 2 rings (SSSR count). The zero-order chi connectivity index (χ0) is 16.9. The van der Waals surface area contributed by atoms with Crippen LogP contribution in [-0.4, -0.2) is 11.0 Å². The number of rotatable bonds is 5. The van der Waals surface area contributed by atoms with Gasteiger partial charge in [0.25, 0.3) is 0 Å². The van der Waals surface area contributed by atoms with Gasteiger partial charge in [0.2, 0.25) is 0 Å². The van der Waals surface area contributed by atoms with Crippen molar-refractivity contribution in [1.29, 1.82) is 0 Å². The molecule has 0 aliphatic rings. The van der Waals surface area contributed by atoms with Gasteiger partial charge in [-0.25, -0.2) is 4.79 Å². The van der Waals surface area contributed by atoms with Gasteiger partial charge in [-0.1, -0.05) is 36.4 Å². The summed E-state index contributed by atoms with van der Waals surface area (Å²) in [5, 5.41) is 5.83. The van der Waals surface area contributed by atoms with Crippen molar-refractivity contribution in [1.82, 2.24) is 15.6 Å². The van der Waals surface area contributed by atoms with Gasteiger partial charge in [-0.05, 0) is 50.1 Å². The van der Waals surface area contributed by atoms with E-state index in [1.54, 1.807) is 6.20 Å². The predicted molar refractivity (Wildman–Crippen MR) is 93.8 cm³/mol. The maximum atomic E-state index is 12.2. The fourth-order valence-corrected chi connectivity index (χ4v) is 2.25. The highest BCUT2D eigenvalue weighted by Gasteiger charge is 2.23. The summed E-state index contributed by atoms with van der Waals surface area (Å²) < 4.78 is 0. The van der Waals surface area contributed by atoms with E-state index in [2.05, 4.69) is 28.3 Å². The summed E-state index contributed by atoms with van der Waals surface area (Å²) in [6, 6.07) is 13.5. The van der Waals surface area contributed by atoms with Gasteiger partial charge in [-0.15, -0.1) is 0 Å². The van der Waals surface area contributed by atoms with Crippen LogP contribution in [0.25, 0.3) is 5.57 Å². The first kappa shape index (κ1) is 16.7. The Morgan fingerprint density at radius 1 is 1.22 bits per heavy atom. The molecule has 0 saturated heterocycles. The van der Waals surface area contributed by atoms with Gasteiger partial charge in [0.15, 0.2) is 0 Å². The van der Waals surface area contributed by atoms with Crippen molar-refractivity contribution in [3.05, 3.63) is 72.1 Å². The highest BCUT2D eigenvalue weighted by atomic mass is 16.2. The van der Waals surface area contributed by atoms with Crippen molar-refractivity contribution in [2.75, 3.05) is 0 Å². The van der Waals surface area contributed by atoms with Crippen LogP contribution in [0.3, 0.4) is 0 Å². The molecular weight excluding hydrogens is 286 g/mol. The van der Waals surface area contributed by atoms with Gasteiger partial charge in [0, 0.05) is 6.20 Å². The van der Waals surface area contributed by atoms with Gasteiger partial charge in [-0.2, -0.15) is 0 Å². The third-order valence-electron chi connectivity index (χ3n) is 3.66. The van der Waals surface area contributed by atoms with E-state index >= 15 is 0 Å². The molecule has 0 bridgehead atoms. The second kappa shape index (κ2) is 7.09. The Balaban J connectivity index is 2.01. The molecule has 1 aromatic heterocycles. The maximum absolute atomic E-state index is 12.2. The van der Waals surface area contributed by atoms with Crippen LogP contribution < -0.4 is 10.6 Å². The number of nitrogens with zero attached hydrogens (tertiary/aromatic N) is 1. The number of aromatic nitrogens is 1. The Labute approximate surface area is 137 Å². The smallest absolute Gasteiger partial charge is 0.315 e. The highest BCUT2D eigenvalue weighted by molar-refractivity contribution is 5.75. The van der Waals surface area contributed by atoms with Crippen LogP contribution in [0.4, 0.5) is 4.79 Å². The standard InChI is InChI=1S/C19H23N3O/c1-14(2)15-8-7-9-16(12-15)19(3,4)22-18(23)21-13-17-10-5-6-11-20-17/h5-12H,1,13H2,2-4H3,(H2,21,22,23). The Kier molecular flexibility index (Phi) is 5.16. The molecule has 2 amide bonds. The zero-order valence-corrected chi connectivity index (χ0v) is 13.9. The third-order valence-corrected chi connectivity index (χ3v) is 3.66.